The van der Waals surface area contributed by atoms with Gasteiger partial charge >= 0.3 is 0 Å². The van der Waals surface area contributed by atoms with Gasteiger partial charge in [0, 0.05) is 19.5 Å². The smallest absolute Gasteiger partial charge is 0.138 e. The van der Waals surface area contributed by atoms with Gasteiger partial charge < -0.3 is 4.74 Å². The van der Waals surface area contributed by atoms with Crippen molar-refractivity contribution in [1.29, 1.82) is 5.26 Å². The van der Waals surface area contributed by atoms with Crippen molar-refractivity contribution >= 4 is 5.71 Å². The second-order valence-corrected chi connectivity index (χ2v) is 2.12. The number of rotatable bonds is 4. The highest BCUT2D eigenvalue weighted by Crippen LogP contribution is 2.02. The monoisotopic (exact) mass is 166 g/mol. The summed E-state index contributed by atoms with van der Waals surface area (Å²) in [5, 5.41) is 8.56. The molecular formula is C9H14N2O. The van der Waals surface area contributed by atoms with Crippen molar-refractivity contribution in [2.45, 2.75) is 20.3 Å². The van der Waals surface area contributed by atoms with Crippen molar-refractivity contribution in [3.8, 4) is 6.07 Å². The Balaban J connectivity index is 4.38. The van der Waals surface area contributed by atoms with E-state index in [1.165, 1.54) is 0 Å². The minimum atomic E-state index is 0.403. The fourth-order valence-electron chi connectivity index (χ4n) is 0.731. The van der Waals surface area contributed by atoms with Crippen LogP contribution < -0.4 is 0 Å². The normalized spacial score (nSPS) is 12.5. The molecule has 0 aliphatic heterocycles. The van der Waals surface area contributed by atoms with Gasteiger partial charge in [0.25, 0.3) is 0 Å². The molecule has 0 aromatic rings. The molecule has 0 N–H and O–H groups in total. The summed E-state index contributed by atoms with van der Waals surface area (Å²) in [5.41, 5.74) is 0.403. The van der Waals surface area contributed by atoms with Crippen LogP contribution in [0.4, 0.5) is 0 Å². The highest BCUT2D eigenvalue weighted by molar-refractivity contribution is 6.07. The lowest BCUT2D eigenvalue weighted by molar-refractivity contribution is 0.221. The Bertz CT molecular complexity index is 223. The Kier molecular flexibility index (Phi) is 5.72. The highest BCUT2D eigenvalue weighted by Gasteiger charge is 1.96. The molecule has 0 radical (unpaired) electrons. The van der Waals surface area contributed by atoms with E-state index in [1.54, 1.807) is 13.1 Å². The third-order valence-corrected chi connectivity index (χ3v) is 1.33. The molecule has 0 bridgehead atoms. The first-order valence-corrected chi connectivity index (χ1v) is 3.98. The molecule has 66 valence electrons. The Labute approximate surface area is 73.4 Å². The van der Waals surface area contributed by atoms with Crippen LogP contribution in [0.25, 0.3) is 0 Å². The molecule has 0 unspecified atom stereocenters. The largest absolute Gasteiger partial charge is 0.498 e. The zero-order chi connectivity index (χ0) is 9.40. The molecule has 0 heterocycles. The van der Waals surface area contributed by atoms with E-state index in [0.29, 0.717) is 12.3 Å². The van der Waals surface area contributed by atoms with Gasteiger partial charge in [-0.2, -0.15) is 5.26 Å². The van der Waals surface area contributed by atoms with Crippen LogP contribution in [0.2, 0.25) is 0 Å². The predicted octanol–water partition coefficient (Wildman–Crippen LogP) is 1.91. The molecule has 3 nitrogen and oxygen atoms in total. The fraction of sp³-hybridized carbons (Fsp3) is 0.556. The lowest BCUT2D eigenvalue weighted by atomic mass is 10.3. The molecule has 0 aliphatic rings. The number of hydrogen-bond donors (Lipinski definition) is 0. The lowest BCUT2D eigenvalue weighted by Gasteiger charge is -2.03. The highest BCUT2D eigenvalue weighted by atomic mass is 16.5. The SMILES string of the molecule is CCO/C(=C/C(C#N)=N\C)CC. The molecule has 0 amide bonds. The van der Waals surface area contributed by atoms with E-state index >= 15 is 0 Å². The van der Waals surface area contributed by atoms with E-state index in [-0.39, 0.29) is 0 Å². The molecule has 0 saturated carbocycles. The summed E-state index contributed by atoms with van der Waals surface area (Å²) in [4.78, 5) is 3.78. The number of hydrogen-bond acceptors (Lipinski definition) is 3. The zero-order valence-electron chi connectivity index (χ0n) is 7.79. The van der Waals surface area contributed by atoms with Crippen molar-refractivity contribution in [1.82, 2.24) is 0 Å². The van der Waals surface area contributed by atoms with Gasteiger partial charge in [-0.15, -0.1) is 0 Å². The van der Waals surface area contributed by atoms with Crippen molar-refractivity contribution in [3.05, 3.63) is 11.8 Å². The fourth-order valence-corrected chi connectivity index (χ4v) is 0.731. The maximum atomic E-state index is 8.56. The van der Waals surface area contributed by atoms with Crippen molar-refractivity contribution in [2.75, 3.05) is 13.7 Å². The molecule has 0 aliphatic carbocycles. The lowest BCUT2D eigenvalue weighted by Crippen LogP contribution is -1.95. The van der Waals surface area contributed by atoms with Crippen LogP contribution in [0.15, 0.2) is 16.8 Å². The average molecular weight is 166 g/mol. The molecule has 0 atom stereocenters. The summed E-state index contributed by atoms with van der Waals surface area (Å²) in [6.07, 6.45) is 2.46. The number of aliphatic imine (C=N–C) groups is 1. The van der Waals surface area contributed by atoms with Crippen LogP contribution in [0.5, 0.6) is 0 Å². The molecule has 3 heteroatoms. The Morgan fingerprint density at radius 3 is 2.58 bits per heavy atom. The number of nitriles is 1. The van der Waals surface area contributed by atoms with Gasteiger partial charge in [0.05, 0.1) is 12.4 Å². The van der Waals surface area contributed by atoms with E-state index in [4.69, 9.17) is 10.00 Å². The zero-order valence-corrected chi connectivity index (χ0v) is 7.79. The van der Waals surface area contributed by atoms with E-state index in [2.05, 4.69) is 4.99 Å². The maximum absolute atomic E-state index is 8.56. The van der Waals surface area contributed by atoms with Crippen LogP contribution in [0.1, 0.15) is 20.3 Å². The molecule has 0 spiro atoms. The summed E-state index contributed by atoms with van der Waals surface area (Å²) in [6, 6.07) is 1.97. The van der Waals surface area contributed by atoms with Gasteiger partial charge in [-0.3, -0.25) is 4.99 Å². The van der Waals surface area contributed by atoms with E-state index in [0.717, 1.165) is 12.2 Å². The summed E-state index contributed by atoms with van der Waals surface area (Å²) in [5.74, 6) is 0.805. The van der Waals surface area contributed by atoms with Gasteiger partial charge in [-0.05, 0) is 6.92 Å². The molecule has 0 aromatic heterocycles. The summed E-state index contributed by atoms with van der Waals surface area (Å²) < 4.78 is 5.25. The second-order valence-electron chi connectivity index (χ2n) is 2.12. The molecule has 0 saturated heterocycles. The van der Waals surface area contributed by atoms with Crippen LogP contribution in [-0.4, -0.2) is 19.4 Å². The van der Waals surface area contributed by atoms with Crippen molar-refractivity contribution in [3.63, 3.8) is 0 Å². The maximum Gasteiger partial charge on any atom is 0.138 e. The minimum absolute atomic E-state index is 0.403. The third-order valence-electron chi connectivity index (χ3n) is 1.33. The topological polar surface area (TPSA) is 45.4 Å². The Morgan fingerprint density at radius 2 is 2.25 bits per heavy atom. The minimum Gasteiger partial charge on any atom is -0.498 e. The molecule has 0 aromatic carbocycles. The number of ether oxygens (including phenoxy) is 1. The number of allylic oxidation sites excluding steroid dienone is 2. The first-order chi connectivity index (χ1) is 5.78. The third kappa shape index (κ3) is 3.77. The second kappa shape index (κ2) is 6.41. The Morgan fingerprint density at radius 1 is 1.58 bits per heavy atom. The van der Waals surface area contributed by atoms with Crippen LogP contribution in [0, 0.1) is 11.3 Å². The van der Waals surface area contributed by atoms with Gasteiger partial charge in [0.15, 0.2) is 0 Å². The summed E-state index contributed by atoms with van der Waals surface area (Å²) >= 11 is 0. The van der Waals surface area contributed by atoms with Crippen LogP contribution in [0.3, 0.4) is 0 Å². The van der Waals surface area contributed by atoms with E-state index in [9.17, 15) is 0 Å². The van der Waals surface area contributed by atoms with Gasteiger partial charge in [0.1, 0.15) is 11.8 Å². The number of nitrogens with zero attached hydrogens (tertiary/aromatic N) is 2. The van der Waals surface area contributed by atoms with Crippen LogP contribution in [-0.2, 0) is 4.74 Å². The summed E-state index contributed by atoms with van der Waals surface area (Å²) in [6.45, 7) is 4.52. The predicted molar refractivity (Wildman–Crippen MR) is 49.0 cm³/mol. The average Bonchev–Trinajstić information content (AvgIpc) is 2.12. The first-order valence-electron chi connectivity index (χ1n) is 3.98. The van der Waals surface area contributed by atoms with E-state index < -0.39 is 0 Å². The van der Waals surface area contributed by atoms with Gasteiger partial charge in [0.2, 0.25) is 0 Å². The standard InChI is InChI=1S/C9H14N2O/c1-4-9(12-5-2)6-8(7-10)11-3/h6H,4-5H2,1-3H3/b9-6+,11-8+. The first kappa shape index (κ1) is 10.7. The van der Waals surface area contributed by atoms with E-state index in [1.807, 2.05) is 19.9 Å². The molecule has 0 rings (SSSR count). The summed E-state index contributed by atoms with van der Waals surface area (Å²) in [7, 11) is 1.59. The molecule has 12 heavy (non-hydrogen) atoms. The Hall–Kier alpha value is -1.30. The van der Waals surface area contributed by atoms with Crippen molar-refractivity contribution in [2.24, 2.45) is 4.99 Å². The van der Waals surface area contributed by atoms with Crippen molar-refractivity contribution < 1.29 is 4.74 Å². The quantitative estimate of drug-likeness (QED) is 0.473. The van der Waals surface area contributed by atoms with Gasteiger partial charge in [-0.25, -0.2) is 0 Å². The molecule has 0 fully saturated rings. The molecular weight excluding hydrogens is 152 g/mol. The van der Waals surface area contributed by atoms with Gasteiger partial charge in [-0.1, -0.05) is 6.92 Å². The van der Waals surface area contributed by atoms with Crippen LogP contribution >= 0.6 is 0 Å².